The normalized spacial score (nSPS) is 17.3. The Bertz CT molecular complexity index is 765. The minimum absolute atomic E-state index is 0.659. The van der Waals surface area contributed by atoms with E-state index in [1.807, 2.05) is 13.0 Å². The predicted octanol–water partition coefficient (Wildman–Crippen LogP) is 3.84. The third kappa shape index (κ3) is 2.55. The zero-order valence-electron chi connectivity index (χ0n) is 12.9. The second-order valence-corrected chi connectivity index (χ2v) is 6.27. The molecular weight excluding hydrogens is 274 g/mol. The fourth-order valence-corrected chi connectivity index (χ4v) is 3.56. The van der Waals surface area contributed by atoms with E-state index in [9.17, 15) is 0 Å². The highest BCUT2D eigenvalue weighted by molar-refractivity contribution is 5.83. The van der Waals surface area contributed by atoms with Gasteiger partial charge in [-0.1, -0.05) is 23.4 Å². The van der Waals surface area contributed by atoms with E-state index >= 15 is 0 Å². The molecular formula is C18H21N3O. The summed E-state index contributed by atoms with van der Waals surface area (Å²) < 4.78 is 5.15. The molecule has 2 aromatic heterocycles. The number of para-hydroxylation sites is 1. The summed E-state index contributed by atoms with van der Waals surface area (Å²) in [5.41, 5.74) is 3.77. The average molecular weight is 295 g/mol. The SMILES string of the molecule is Cc1cc(CN2CCC(c3c[nH]c4ccccc34)CC2)no1. The van der Waals surface area contributed by atoms with Gasteiger partial charge in [-0.15, -0.1) is 0 Å². The Hall–Kier alpha value is -2.07. The summed E-state index contributed by atoms with van der Waals surface area (Å²) >= 11 is 0. The molecule has 22 heavy (non-hydrogen) atoms. The van der Waals surface area contributed by atoms with E-state index in [-0.39, 0.29) is 0 Å². The molecule has 4 heteroatoms. The molecule has 0 aliphatic carbocycles. The van der Waals surface area contributed by atoms with Crippen molar-refractivity contribution in [3.05, 3.63) is 53.5 Å². The third-order valence-electron chi connectivity index (χ3n) is 4.71. The molecule has 0 radical (unpaired) electrons. The monoisotopic (exact) mass is 295 g/mol. The zero-order chi connectivity index (χ0) is 14.9. The van der Waals surface area contributed by atoms with Crippen LogP contribution in [0.15, 0.2) is 41.1 Å². The first-order chi connectivity index (χ1) is 10.8. The summed E-state index contributed by atoms with van der Waals surface area (Å²) in [6, 6.07) is 10.6. The summed E-state index contributed by atoms with van der Waals surface area (Å²) in [6.07, 6.45) is 4.61. The van der Waals surface area contributed by atoms with Gasteiger partial charge in [-0.25, -0.2) is 0 Å². The highest BCUT2D eigenvalue weighted by Crippen LogP contribution is 2.33. The number of fused-ring (bicyclic) bond motifs is 1. The van der Waals surface area contributed by atoms with Crippen LogP contribution in [0, 0.1) is 6.92 Å². The molecule has 3 heterocycles. The number of aromatic nitrogens is 2. The number of benzene rings is 1. The lowest BCUT2D eigenvalue weighted by Crippen LogP contribution is -2.32. The number of hydrogen-bond acceptors (Lipinski definition) is 3. The zero-order valence-corrected chi connectivity index (χ0v) is 12.9. The van der Waals surface area contributed by atoms with Gasteiger partial charge in [0, 0.05) is 29.7 Å². The first kappa shape index (κ1) is 13.6. The molecule has 0 bridgehead atoms. The number of aromatic amines is 1. The molecule has 4 rings (SSSR count). The number of nitrogens with zero attached hydrogens (tertiary/aromatic N) is 2. The van der Waals surface area contributed by atoms with Crippen LogP contribution in [-0.4, -0.2) is 28.1 Å². The van der Waals surface area contributed by atoms with E-state index in [1.165, 1.54) is 29.3 Å². The molecule has 3 aromatic rings. The van der Waals surface area contributed by atoms with Gasteiger partial charge in [0.2, 0.25) is 0 Å². The van der Waals surface area contributed by atoms with E-state index in [4.69, 9.17) is 4.52 Å². The van der Waals surface area contributed by atoms with Gasteiger partial charge in [-0.3, -0.25) is 4.90 Å². The van der Waals surface area contributed by atoms with Crippen molar-refractivity contribution < 1.29 is 4.52 Å². The lowest BCUT2D eigenvalue weighted by molar-refractivity contribution is 0.200. The predicted molar refractivity (Wildman–Crippen MR) is 86.8 cm³/mol. The van der Waals surface area contributed by atoms with Crippen LogP contribution in [-0.2, 0) is 6.54 Å². The van der Waals surface area contributed by atoms with Gasteiger partial charge in [0.05, 0.1) is 5.69 Å². The van der Waals surface area contributed by atoms with Crippen molar-refractivity contribution in [2.45, 2.75) is 32.2 Å². The Balaban J connectivity index is 1.43. The third-order valence-corrected chi connectivity index (χ3v) is 4.71. The Kier molecular flexibility index (Phi) is 3.47. The highest BCUT2D eigenvalue weighted by atomic mass is 16.5. The number of likely N-dealkylation sites (tertiary alicyclic amines) is 1. The molecule has 114 valence electrons. The molecule has 0 saturated carbocycles. The number of rotatable bonds is 3. The van der Waals surface area contributed by atoms with Gasteiger partial charge < -0.3 is 9.51 Å². The molecule has 1 N–H and O–H groups in total. The van der Waals surface area contributed by atoms with Crippen molar-refractivity contribution >= 4 is 10.9 Å². The topological polar surface area (TPSA) is 45.1 Å². The van der Waals surface area contributed by atoms with Gasteiger partial charge in [0.15, 0.2) is 0 Å². The highest BCUT2D eigenvalue weighted by Gasteiger charge is 2.23. The van der Waals surface area contributed by atoms with Crippen LogP contribution in [0.5, 0.6) is 0 Å². The van der Waals surface area contributed by atoms with Gasteiger partial charge in [0.1, 0.15) is 5.76 Å². The lowest BCUT2D eigenvalue weighted by Gasteiger charge is -2.31. The number of piperidine rings is 1. The van der Waals surface area contributed by atoms with Gasteiger partial charge in [-0.05, 0) is 50.4 Å². The van der Waals surface area contributed by atoms with Crippen molar-refractivity contribution in [2.75, 3.05) is 13.1 Å². The Labute approximate surface area is 130 Å². The summed E-state index contributed by atoms with van der Waals surface area (Å²) in [7, 11) is 0. The molecule has 1 saturated heterocycles. The molecule has 4 nitrogen and oxygen atoms in total. The van der Waals surface area contributed by atoms with Crippen LogP contribution < -0.4 is 0 Å². The standard InChI is InChI=1S/C18H21N3O/c1-13-10-15(20-22-13)12-21-8-6-14(7-9-21)17-11-19-18-5-3-2-4-16(17)18/h2-5,10-11,14,19H,6-9,12H2,1H3. The molecule has 1 aliphatic heterocycles. The summed E-state index contributed by atoms with van der Waals surface area (Å²) in [4.78, 5) is 5.88. The quantitative estimate of drug-likeness (QED) is 0.798. The lowest BCUT2D eigenvalue weighted by atomic mass is 9.89. The van der Waals surface area contributed by atoms with Crippen molar-refractivity contribution in [1.82, 2.24) is 15.0 Å². The first-order valence-corrected chi connectivity index (χ1v) is 8.00. The largest absolute Gasteiger partial charge is 0.361 e. The molecule has 0 unspecified atom stereocenters. The van der Waals surface area contributed by atoms with Crippen molar-refractivity contribution in [1.29, 1.82) is 0 Å². The minimum atomic E-state index is 0.659. The van der Waals surface area contributed by atoms with Gasteiger partial charge >= 0.3 is 0 Å². The number of hydrogen-bond donors (Lipinski definition) is 1. The Morgan fingerprint density at radius 3 is 2.86 bits per heavy atom. The molecule has 0 spiro atoms. The van der Waals surface area contributed by atoms with E-state index in [0.717, 1.165) is 31.1 Å². The van der Waals surface area contributed by atoms with Crippen LogP contribution in [0.4, 0.5) is 0 Å². The first-order valence-electron chi connectivity index (χ1n) is 8.00. The fourth-order valence-electron chi connectivity index (χ4n) is 3.56. The van der Waals surface area contributed by atoms with Gasteiger partial charge in [0.25, 0.3) is 0 Å². The number of aryl methyl sites for hydroxylation is 1. The molecule has 0 atom stereocenters. The molecule has 1 fully saturated rings. The maximum Gasteiger partial charge on any atom is 0.133 e. The van der Waals surface area contributed by atoms with Crippen LogP contribution in [0.3, 0.4) is 0 Å². The van der Waals surface area contributed by atoms with Crippen LogP contribution in [0.2, 0.25) is 0 Å². The minimum Gasteiger partial charge on any atom is -0.361 e. The second-order valence-electron chi connectivity index (χ2n) is 6.27. The number of H-pyrrole nitrogens is 1. The van der Waals surface area contributed by atoms with Crippen LogP contribution in [0.25, 0.3) is 10.9 Å². The van der Waals surface area contributed by atoms with E-state index in [1.54, 1.807) is 0 Å². The second kappa shape index (κ2) is 5.61. The summed E-state index contributed by atoms with van der Waals surface area (Å²) in [5.74, 6) is 1.55. The average Bonchev–Trinajstić information content (AvgIpc) is 3.14. The summed E-state index contributed by atoms with van der Waals surface area (Å²) in [5, 5.41) is 5.48. The Morgan fingerprint density at radius 2 is 2.09 bits per heavy atom. The van der Waals surface area contributed by atoms with Crippen LogP contribution >= 0.6 is 0 Å². The molecule has 1 aliphatic rings. The summed E-state index contributed by atoms with van der Waals surface area (Å²) in [6.45, 7) is 5.09. The molecule has 1 aromatic carbocycles. The van der Waals surface area contributed by atoms with Crippen molar-refractivity contribution in [2.24, 2.45) is 0 Å². The fraction of sp³-hybridized carbons (Fsp3) is 0.389. The van der Waals surface area contributed by atoms with Gasteiger partial charge in [-0.2, -0.15) is 0 Å². The van der Waals surface area contributed by atoms with Crippen molar-refractivity contribution in [3.8, 4) is 0 Å². The van der Waals surface area contributed by atoms with Crippen molar-refractivity contribution in [3.63, 3.8) is 0 Å². The molecule has 0 amide bonds. The van der Waals surface area contributed by atoms with E-state index in [2.05, 4.69) is 45.5 Å². The number of nitrogens with one attached hydrogen (secondary N) is 1. The Morgan fingerprint density at radius 1 is 1.27 bits per heavy atom. The maximum absolute atomic E-state index is 5.15. The van der Waals surface area contributed by atoms with E-state index in [0.29, 0.717) is 5.92 Å². The smallest absolute Gasteiger partial charge is 0.133 e. The van der Waals surface area contributed by atoms with E-state index < -0.39 is 0 Å². The van der Waals surface area contributed by atoms with Crippen LogP contribution in [0.1, 0.15) is 35.8 Å². The maximum atomic E-state index is 5.15.